The maximum absolute atomic E-state index is 12.8. The highest BCUT2D eigenvalue weighted by Crippen LogP contribution is 2.24. The Morgan fingerprint density at radius 2 is 1.86 bits per heavy atom. The van der Waals surface area contributed by atoms with Gasteiger partial charge in [0.05, 0.1) is 15.8 Å². The van der Waals surface area contributed by atoms with Gasteiger partial charge in [0.1, 0.15) is 5.82 Å². The van der Waals surface area contributed by atoms with Crippen molar-refractivity contribution in [1.29, 1.82) is 0 Å². The van der Waals surface area contributed by atoms with Crippen LogP contribution in [0.3, 0.4) is 0 Å². The molecule has 0 aliphatic carbocycles. The zero-order valence-corrected chi connectivity index (χ0v) is 9.10. The van der Waals surface area contributed by atoms with E-state index in [1.165, 1.54) is 0 Å². The lowest BCUT2D eigenvalue weighted by atomic mass is 10.3. The van der Waals surface area contributed by atoms with Gasteiger partial charge in [0.25, 0.3) is 0 Å². The van der Waals surface area contributed by atoms with Crippen LogP contribution >= 0.6 is 0 Å². The smallest absolute Gasteiger partial charge is 0.184 e. The lowest BCUT2D eigenvalue weighted by Gasteiger charge is -2.18. The van der Waals surface area contributed by atoms with Crippen LogP contribution in [0.4, 0.5) is 4.39 Å². The summed E-state index contributed by atoms with van der Waals surface area (Å²) in [6, 6.07) is 0.980. The highest BCUT2D eigenvalue weighted by molar-refractivity contribution is 7.92. The van der Waals surface area contributed by atoms with Crippen molar-refractivity contribution in [3.05, 3.63) is 24.3 Å². The van der Waals surface area contributed by atoms with Gasteiger partial charge in [-0.2, -0.15) is 0 Å². The predicted octanol–water partition coefficient (Wildman–Crippen LogP) is 1.79. The molecule has 5 heteroatoms. The molecule has 0 aliphatic rings. The molecule has 1 heterocycles. The fourth-order valence-corrected chi connectivity index (χ4v) is 2.07. The first-order chi connectivity index (χ1) is 6.25. The molecule has 0 saturated heterocycles. The van der Waals surface area contributed by atoms with Crippen LogP contribution in [0, 0.1) is 5.82 Å². The lowest BCUT2D eigenvalue weighted by Crippen LogP contribution is -2.28. The van der Waals surface area contributed by atoms with Gasteiger partial charge in [-0.05, 0) is 26.8 Å². The monoisotopic (exact) mass is 217 g/mol. The first kappa shape index (κ1) is 11.1. The van der Waals surface area contributed by atoms with E-state index in [4.69, 9.17) is 0 Å². The third-order valence-electron chi connectivity index (χ3n) is 1.80. The van der Waals surface area contributed by atoms with Gasteiger partial charge in [0.2, 0.25) is 0 Å². The maximum atomic E-state index is 12.8. The second-order valence-corrected chi connectivity index (χ2v) is 6.66. The average Bonchev–Trinajstić information content (AvgIpc) is 2.02. The molecule has 0 saturated carbocycles. The van der Waals surface area contributed by atoms with Gasteiger partial charge in [-0.3, -0.25) is 4.98 Å². The van der Waals surface area contributed by atoms with E-state index < -0.39 is 20.4 Å². The molecule has 0 aromatic carbocycles. The van der Waals surface area contributed by atoms with Crippen LogP contribution in [0.1, 0.15) is 20.8 Å². The molecule has 0 bridgehead atoms. The minimum atomic E-state index is -3.50. The van der Waals surface area contributed by atoms with Crippen LogP contribution in [0.15, 0.2) is 23.4 Å². The van der Waals surface area contributed by atoms with E-state index >= 15 is 0 Å². The standard InChI is InChI=1S/C9H12FNO2S/c1-9(2,3)14(12,13)8-4-7(10)5-11-6-8/h4-6H,1-3H3. The van der Waals surface area contributed by atoms with E-state index in [0.29, 0.717) is 0 Å². The molecule has 3 nitrogen and oxygen atoms in total. The summed E-state index contributed by atoms with van der Waals surface area (Å²) in [6.07, 6.45) is 2.13. The number of sulfone groups is 1. The fraction of sp³-hybridized carbons (Fsp3) is 0.444. The molecule has 1 rings (SSSR count). The number of rotatable bonds is 1. The van der Waals surface area contributed by atoms with Crippen molar-refractivity contribution in [2.24, 2.45) is 0 Å². The summed E-state index contributed by atoms with van der Waals surface area (Å²) < 4.78 is 35.4. The summed E-state index contributed by atoms with van der Waals surface area (Å²) in [5.41, 5.74) is 0. The molecule has 0 aliphatic heterocycles. The van der Waals surface area contributed by atoms with Crippen LogP contribution in [0.2, 0.25) is 0 Å². The normalized spacial score (nSPS) is 12.9. The second kappa shape index (κ2) is 3.31. The number of nitrogens with zero attached hydrogens (tertiary/aromatic N) is 1. The van der Waals surface area contributed by atoms with Crippen LogP contribution in [-0.2, 0) is 9.84 Å². The summed E-state index contributed by atoms with van der Waals surface area (Å²) >= 11 is 0. The van der Waals surface area contributed by atoms with E-state index in [9.17, 15) is 12.8 Å². The summed E-state index contributed by atoms with van der Waals surface area (Å²) in [4.78, 5) is 3.43. The fourth-order valence-electron chi connectivity index (χ4n) is 0.893. The molecule has 0 N–H and O–H groups in total. The third kappa shape index (κ3) is 1.92. The van der Waals surface area contributed by atoms with Gasteiger partial charge < -0.3 is 0 Å². The Kier molecular flexibility index (Phi) is 2.63. The highest BCUT2D eigenvalue weighted by atomic mass is 32.2. The zero-order chi connectivity index (χ0) is 11.0. The quantitative estimate of drug-likeness (QED) is 0.720. The van der Waals surface area contributed by atoms with Crippen molar-refractivity contribution in [2.45, 2.75) is 30.4 Å². The Morgan fingerprint density at radius 3 is 2.29 bits per heavy atom. The van der Waals surface area contributed by atoms with Crippen molar-refractivity contribution in [3.63, 3.8) is 0 Å². The molecule has 0 amide bonds. The van der Waals surface area contributed by atoms with Crippen LogP contribution in [0.5, 0.6) is 0 Å². The molecular formula is C9H12FNO2S. The lowest BCUT2D eigenvalue weighted by molar-refractivity contribution is 0.556. The largest absolute Gasteiger partial charge is 0.260 e. The van der Waals surface area contributed by atoms with Crippen molar-refractivity contribution >= 4 is 9.84 Å². The summed E-state index contributed by atoms with van der Waals surface area (Å²) in [7, 11) is -3.50. The zero-order valence-electron chi connectivity index (χ0n) is 8.28. The van der Waals surface area contributed by atoms with E-state index in [0.717, 1.165) is 18.5 Å². The topological polar surface area (TPSA) is 47.0 Å². The molecule has 14 heavy (non-hydrogen) atoms. The summed E-state index contributed by atoms with van der Waals surface area (Å²) in [5.74, 6) is -0.643. The molecule has 1 aromatic rings. The predicted molar refractivity (Wildman–Crippen MR) is 51.1 cm³/mol. The second-order valence-electron chi connectivity index (χ2n) is 3.95. The molecule has 0 fully saturated rings. The molecule has 0 radical (unpaired) electrons. The van der Waals surface area contributed by atoms with Gasteiger partial charge >= 0.3 is 0 Å². The maximum Gasteiger partial charge on any atom is 0.184 e. The number of pyridine rings is 1. The SMILES string of the molecule is CC(C)(C)S(=O)(=O)c1cncc(F)c1. The van der Waals surface area contributed by atoms with Gasteiger partial charge in [-0.25, -0.2) is 12.8 Å². The van der Waals surface area contributed by atoms with E-state index in [1.54, 1.807) is 20.8 Å². The van der Waals surface area contributed by atoms with Crippen LogP contribution in [0.25, 0.3) is 0 Å². The van der Waals surface area contributed by atoms with Crippen LogP contribution < -0.4 is 0 Å². The van der Waals surface area contributed by atoms with Crippen molar-refractivity contribution in [3.8, 4) is 0 Å². The van der Waals surface area contributed by atoms with Gasteiger partial charge in [-0.15, -0.1) is 0 Å². The average molecular weight is 217 g/mol. The first-order valence-electron chi connectivity index (χ1n) is 4.10. The Morgan fingerprint density at radius 1 is 1.29 bits per heavy atom. The van der Waals surface area contributed by atoms with Crippen molar-refractivity contribution in [1.82, 2.24) is 4.98 Å². The molecule has 0 unspecified atom stereocenters. The minimum absolute atomic E-state index is 0.0787. The van der Waals surface area contributed by atoms with Gasteiger partial charge in [0.15, 0.2) is 9.84 Å². The molecular weight excluding hydrogens is 205 g/mol. The van der Waals surface area contributed by atoms with Crippen LogP contribution in [-0.4, -0.2) is 18.1 Å². The minimum Gasteiger partial charge on any atom is -0.260 e. The summed E-state index contributed by atoms with van der Waals surface area (Å²) in [5, 5.41) is 0. The Balaban J connectivity index is 3.32. The van der Waals surface area contributed by atoms with E-state index in [2.05, 4.69) is 4.98 Å². The Hall–Kier alpha value is -0.970. The molecule has 1 aromatic heterocycles. The number of aromatic nitrogens is 1. The van der Waals surface area contributed by atoms with Gasteiger partial charge in [0, 0.05) is 6.20 Å². The molecule has 0 atom stereocenters. The highest BCUT2D eigenvalue weighted by Gasteiger charge is 2.31. The Labute approximate surface area is 82.9 Å². The van der Waals surface area contributed by atoms with Crippen molar-refractivity contribution < 1.29 is 12.8 Å². The number of halogens is 1. The van der Waals surface area contributed by atoms with E-state index in [-0.39, 0.29) is 4.90 Å². The molecule has 0 spiro atoms. The first-order valence-corrected chi connectivity index (χ1v) is 5.58. The number of hydrogen-bond acceptors (Lipinski definition) is 3. The number of hydrogen-bond donors (Lipinski definition) is 0. The third-order valence-corrected chi connectivity index (χ3v) is 4.25. The summed E-state index contributed by atoms with van der Waals surface area (Å²) in [6.45, 7) is 4.69. The van der Waals surface area contributed by atoms with Gasteiger partial charge in [-0.1, -0.05) is 0 Å². The molecule has 78 valence electrons. The Bertz CT molecular complexity index is 434. The van der Waals surface area contributed by atoms with E-state index in [1.807, 2.05) is 0 Å². The van der Waals surface area contributed by atoms with Crippen molar-refractivity contribution in [2.75, 3.05) is 0 Å².